The van der Waals surface area contributed by atoms with Crippen LogP contribution in [-0.2, 0) is 0 Å². The van der Waals surface area contributed by atoms with Gasteiger partial charge in [0.25, 0.3) is 0 Å². The molecule has 1 aromatic rings. The van der Waals surface area contributed by atoms with Crippen molar-refractivity contribution in [2.45, 2.75) is 6.92 Å². The van der Waals surface area contributed by atoms with Crippen molar-refractivity contribution in [3.8, 4) is 0 Å². The summed E-state index contributed by atoms with van der Waals surface area (Å²) < 4.78 is 1.00. The maximum atomic E-state index is 10.2. The van der Waals surface area contributed by atoms with Crippen LogP contribution in [0.1, 0.15) is 15.9 Å². The molecule has 1 rings (SSSR count). The minimum absolute atomic E-state index is 0.227. The number of hydrogen-bond donors (Lipinski definition) is 0. The van der Waals surface area contributed by atoms with Gasteiger partial charge in [-0.15, -0.1) is 0 Å². The first-order chi connectivity index (χ1) is 6.70. The van der Waals surface area contributed by atoms with E-state index in [-0.39, 0.29) is 5.56 Å². The van der Waals surface area contributed by atoms with Crippen LogP contribution in [-0.4, -0.2) is 38.6 Å². The number of hydrogen-bond acceptors (Lipinski definition) is 2. The number of benzene rings is 1. The number of carbonyl (C=O) groups excluding carboxylic acids is 1. The van der Waals surface area contributed by atoms with Gasteiger partial charge in [0.15, 0.2) is 0 Å². The SMILES string of the molecule is C[N+](C)(C)C.Cc1ccc(C(=O)[O-])cc1. The molecule has 1 aromatic carbocycles. The van der Waals surface area contributed by atoms with Gasteiger partial charge in [0.1, 0.15) is 0 Å². The Morgan fingerprint density at radius 3 is 1.67 bits per heavy atom. The van der Waals surface area contributed by atoms with Crippen LogP contribution < -0.4 is 5.11 Å². The van der Waals surface area contributed by atoms with Gasteiger partial charge in [-0.25, -0.2) is 0 Å². The molecule has 15 heavy (non-hydrogen) atoms. The van der Waals surface area contributed by atoms with E-state index in [9.17, 15) is 9.90 Å². The van der Waals surface area contributed by atoms with Gasteiger partial charge >= 0.3 is 0 Å². The monoisotopic (exact) mass is 209 g/mol. The quantitative estimate of drug-likeness (QED) is 0.638. The topological polar surface area (TPSA) is 40.1 Å². The molecule has 0 spiro atoms. The molecular weight excluding hydrogens is 190 g/mol. The first kappa shape index (κ1) is 13.7. The summed E-state index contributed by atoms with van der Waals surface area (Å²) in [7, 11) is 8.50. The molecule has 0 aliphatic carbocycles. The van der Waals surface area contributed by atoms with Crippen molar-refractivity contribution in [1.29, 1.82) is 0 Å². The lowest BCUT2D eigenvalue weighted by Gasteiger charge is -2.14. The number of carbonyl (C=O) groups is 1. The fraction of sp³-hybridized carbons (Fsp3) is 0.417. The van der Waals surface area contributed by atoms with E-state index in [2.05, 4.69) is 28.2 Å². The Balaban J connectivity index is 0.000000336. The summed E-state index contributed by atoms with van der Waals surface area (Å²) in [6.07, 6.45) is 0. The minimum Gasteiger partial charge on any atom is -0.545 e. The average molecular weight is 209 g/mol. The second-order valence-corrected chi connectivity index (χ2v) is 4.84. The van der Waals surface area contributed by atoms with E-state index < -0.39 is 5.97 Å². The Morgan fingerprint density at radius 1 is 1.07 bits per heavy atom. The number of nitrogens with zero attached hydrogens (tertiary/aromatic N) is 1. The third-order valence-corrected chi connectivity index (χ3v) is 1.29. The van der Waals surface area contributed by atoms with Crippen LogP contribution in [0.25, 0.3) is 0 Å². The van der Waals surface area contributed by atoms with Gasteiger partial charge in [0.2, 0.25) is 0 Å². The molecule has 0 unspecified atom stereocenters. The molecule has 0 aliphatic rings. The zero-order chi connectivity index (χ0) is 12.1. The first-order valence-corrected chi connectivity index (χ1v) is 4.77. The Hall–Kier alpha value is -1.35. The lowest BCUT2D eigenvalue weighted by molar-refractivity contribution is -0.849. The molecule has 84 valence electrons. The highest BCUT2D eigenvalue weighted by atomic mass is 16.4. The van der Waals surface area contributed by atoms with Crippen molar-refractivity contribution in [1.82, 2.24) is 0 Å². The van der Waals surface area contributed by atoms with Crippen molar-refractivity contribution < 1.29 is 14.4 Å². The van der Waals surface area contributed by atoms with Gasteiger partial charge in [-0.05, 0) is 12.5 Å². The summed E-state index contributed by atoms with van der Waals surface area (Å²) in [4.78, 5) is 10.2. The fourth-order valence-electron chi connectivity index (χ4n) is 0.690. The zero-order valence-electron chi connectivity index (χ0n) is 10.1. The van der Waals surface area contributed by atoms with E-state index in [1.54, 1.807) is 12.1 Å². The van der Waals surface area contributed by atoms with Gasteiger partial charge in [0.05, 0.1) is 34.2 Å². The molecule has 0 aliphatic heterocycles. The second kappa shape index (κ2) is 5.51. The van der Waals surface area contributed by atoms with Gasteiger partial charge in [-0.1, -0.05) is 29.8 Å². The normalized spacial score (nSPS) is 10.2. The minimum atomic E-state index is -1.12. The Labute approximate surface area is 91.6 Å². The van der Waals surface area contributed by atoms with E-state index in [1.807, 2.05) is 6.92 Å². The fourth-order valence-corrected chi connectivity index (χ4v) is 0.690. The predicted molar refractivity (Wildman–Crippen MR) is 59.5 cm³/mol. The first-order valence-electron chi connectivity index (χ1n) is 4.77. The number of aryl methyl sites for hydroxylation is 1. The lowest BCUT2D eigenvalue weighted by Crippen LogP contribution is -2.27. The summed E-state index contributed by atoms with van der Waals surface area (Å²) in [5.74, 6) is -1.12. The Morgan fingerprint density at radius 2 is 1.40 bits per heavy atom. The van der Waals surface area contributed by atoms with Gasteiger partial charge < -0.3 is 14.4 Å². The van der Waals surface area contributed by atoms with Crippen LogP contribution in [0.15, 0.2) is 24.3 Å². The van der Waals surface area contributed by atoms with Crippen molar-refractivity contribution in [3.63, 3.8) is 0 Å². The van der Waals surface area contributed by atoms with Crippen LogP contribution in [0.3, 0.4) is 0 Å². The number of quaternary nitrogens is 1. The van der Waals surface area contributed by atoms with E-state index in [0.29, 0.717) is 0 Å². The second-order valence-electron chi connectivity index (χ2n) is 4.84. The van der Waals surface area contributed by atoms with Gasteiger partial charge in [-0.2, -0.15) is 0 Å². The van der Waals surface area contributed by atoms with Crippen molar-refractivity contribution in [2.75, 3.05) is 28.2 Å². The van der Waals surface area contributed by atoms with Crippen molar-refractivity contribution >= 4 is 5.97 Å². The van der Waals surface area contributed by atoms with Crippen LogP contribution in [0, 0.1) is 6.92 Å². The Kier molecular flexibility index (Phi) is 5.02. The standard InChI is InChI=1S/C8H8O2.C4H12N/c1-6-2-4-7(5-3-6)8(9)10;1-5(2,3)4/h2-5H,1H3,(H,9,10);1-4H3/q;+1/p-1. The number of rotatable bonds is 1. The average Bonchev–Trinajstić information content (AvgIpc) is 2.01. The highest BCUT2D eigenvalue weighted by Crippen LogP contribution is 2.00. The largest absolute Gasteiger partial charge is 0.545 e. The van der Waals surface area contributed by atoms with Gasteiger partial charge in [0, 0.05) is 0 Å². The van der Waals surface area contributed by atoms with E-state index in [1.165, 1.54) is 12.1 Å². The summed E-state index contributed by atoms with van der Waals surface area (Å²) >= 11 is 0. The molecule has 0 amide bonds. The zero-order valence-corrected chi connectivity index (χ0v) is 10.1. The molecule has 0 bridgehead atoms. The highest BCUT2D eigenvalue weighted by molar-refractivity contribution is 5.85. The number of carboxylic acid groups (broad SMARTS) is 1. The summed E-state index contributed by atoms with van der Waals surface area (Å²) in [6.45, 7) is 1.90. The molecule has 0 heterocycles. The van der Waals surface area contributed by atoms with E-state index >= 15 is 0 Å². The molecule has 0 aromatic heterocycles. The van der Waals surface area contributed by atoms with E-state index in [4.69, 9.17) is 0 Å². The molecule has 0 N–H and O–H groups in total. The molecule has 0 fully saturated rings. The maximum absolute atomic E-state index is 10.2. The summed E-state index contributed by atoms with van der Waals surface area (Å²) in [5.41, 5.74) is 1.27. The molecule has 3 heteroatoms. The molecular formula is C12H19NO2. The van der Waals surface area contributed by atoms with Crippen molar-refractivity contribution in [2.24, 2.45) is 0 Å². The highest BCUT2D eigenvalue weighted by Gasteiger charge is 1.89. The molecule has 0 saturated carbocycles. The van der Waals surface area contributed by atoms with Gasteiger partial charge in [-0.3, -0.25) is 0 Å². The third-order valence-electron chi connectivity index (χ3n) is 1.29. The van der Waals surface area contributed by atoms with Crippen LogP contribution in [0.5, 0.6) is 0 Å². The molecule has 0 radical (unpaired) electrons. The van der Waals surface area contributed by atoms with Crippen LogP contribution in [0.2, 0.25) is 0 Å². The molecule has 0 atom stereocenters. The number of aromatic carboxylic acids is 1. The Bertz CT molecular complexity index is 303. The predicted octanol–water partition coefficient (Wildman–Crippen LogP) is 0.681. The number of carboxylic acids is 1. The maximum Gasteiger partial charge on any atom is 0.0715 e. The van der Waals surface area contributed by atoms with Crippen LogP contribution in [0.4, 0.5) is 0 Å². The summed E-state index contributed by atoms with van der Waals surface area (Å²) in [6, 6.07) is 6.55. The van der Waals surface area contributed by atoms with E-state index in [0.717, 1.165) is 10.0 Å². The van der Waals surface area contributed by atoms with Crippen molar-refractivity contribution in [3.05, 3.63) is 35.4 Å². The third kappa shape index (κ3) is 8.97. The molecule has 3 nitrogen and oxygen atoms in total. The lowest BCUT2D eigenvalue weighted by atomic mass is 10.2. The van der Waals surface area contributed by atoms with Crippen LogP contribution >= 0.6 is 0 Å². The smallest absolute Gasteiger partial charge is 0.0715 e. The summed E-state index contributed by atoms with van der Waals surface area (Å²) in [5, 5.41) is 10.2. The molecule has 0 saturated heterocycles.